The monoisotopic (exact) mass is 459 g/mol. The fraction of sp³-hybridized carbons (Fsp3) is 0.150. The van der Waals surface area contributed by atoms with Gasteiger partial charge in [-0.2, -0.15) is 0 Å². The second-order valence-corrected chi connectivity index (χ2v) is 9.60. The molecule has 0 fully saturated rings. The minimum absolute atomic E-state index is 0.0405. The Kier molecular flexibility index (Phi) is 5.38. The fourth-order valence-electron chi connectivity index (χ4n) is 3.07. The summed E-state index contributed by atoms with van der Waals surface area (Å²) in [4.78, 5) is 30.5. The highest BCUT2D eigenvalue weighted by Crippen LogP contribution is 2.31. The van der Waals surface area contributed by atoms with Gasteiger partial charge in [-0.25, -0.2) is 8.42 Å². The molecule has 3 heterocycles. The molecule has 1 N–H and O–H groups in total. The van der Waals surface area contributed by atoms with E-state index in [9.17, 15) is 18.0 Å². The maximum atomic E-state index is 12.8. The van der Waals surface area contributed by atoms with Crippen molar-refractivity contribution in [2.75, 3.05) is 18.9 Å². The number of carbonyl (C=O) groups excluding carboxylic acids is 2. The first-order valence-corrected chi connectivity index (χ1v) is 11.3. The van der Waals surface area contributed by atoms with Crippen LogP contribution in [0.15, 0.2) is 52.9 Å². The van der Waals surface area contributed by atoms with Crippen LogP contribution in [-0.4, -0.2) is 44.3 Å². The molecule has 0 atom stereocenters. The average molecular weight is 460 g/mol. The minimum atomic E-state index is -3.90. The lowest BCUT2D eigenvalue weighted by atomic mass is 10.2. The summed E-state index contributed by atoms with van der Waals surface area (Å²) in [5.74, 6) is -0.0844. The van der Waals surface area contributed by atoms with Gasteiger partial charge in [0, 0.05) is 29.3 Å². The summed E-state index contributed by atoms with van der Waals surface area (Å²) in [5.41, 5.74) is 0.619. The number of anilines is 1. The molecule has 2 aromatic heterocycles. The molecular formula is C20H17N3O6S2. The van der Waals surface area contributed by atoms with E-state index in [1.54, 1.807) is 24.3 Å². The van der Waals surface area contributed by atoms with Crippen LogP contribution in [-0.2, 0) is 16.6 Å². The van der Waals surface area contributed by atoms with Crippen LogP contribution in [0.3, 0.4) is 0 Å². The second-order valence-electron chi connectivity index (χ2n) is 6.52. The molecule has 0 aliphatic carbocycles. The third kappa shape index (κ3) is 3.97. The van der Waals surface area contributed by atoms with Gasteiger partial charge < -0.3 is 9.47 Å². The first kappa shape index (κ1) is 20.8. The van der Waals surface area contributed by atoms with Crippen LogP contribution in [0.1, 0.15) is 25.7 Å². The summed E-state index contributed by atoms with van der Waals surface area (Å²) in [6.07, 6.45) is 1.45. The number of sulfonamides is 1. The standard InChI is InChI=1S/C20H17N3O6S2/c1-28-13-8-12(9-14(10-13)29-2)22-31(26,27)17-6-5-15(30-17)11-23-19(24)16-4-3-7-21-18(16)20(23)25/h3-10,22H,11H2,1-2H3. The van der Waals surface area contributed by atoms with E-state index in [4.69, 9.17) is 9.47 Å². The summed E-state index contributed by atoms with van der Waals surface area (Å²) in [7, 11) is -0.969. The molecule has 160 valence electrons. The highest BCUT2D eigenvalue weighted by molar-refractivity contribution is 7.94. The molecule has 2 amide bonds. The molecule has 1 aliphatic rings. The molecule has 0 saturated carbocycles. The van der Waals surface area contributed by atoms with Gasteiger partial charge in [0.05, 0.1) is 32.0 Å². The summed E-state index contributed by atoms with van der Waals surface area (Å²) in [6, 6.07) is 10.8. The maximum absolute atomic E-state index is 12.8. The molecule has 0 saturated heterocycles. The number of amides is 2. The number of benzene rings is 1. The number of nitrogens with one attached hydrogen (secondary N) is 1. The van der Waals surface area contributed by atoms with E-state index < -0.39 is 21.8 Å². The Bertz CT molecular complexity index is 1230. The van der Waals surface area contributed by atoms with Crippen molar-refractivity contribution in [3.05, 3.63) is 64.8 Å². The Balaban J connectivity index is 1.54. The number of ether oxygens (including phenoxy) is 2. The Morgan fingerprint density at radius 1 is 1.03 bits per heavy atom. The molecule has 1 aliphatic heterocycles. The SMILES string of the molecule is COc1cc(NS(=O)(=O)c2ccc(CN3C(=O)c4cccnc4C3=O)s2)cc(OC)c1. The van der Waals surface area contributed by atoms with E-state index in [1.165, 1.54) is 38.6 Å². The number of thiophene rings is 1. The van der Waals surface area contributed by atoms with Gasteiger partial charge in [0.1, 0.15) is 21.4 Å². The van der Waals surface area contributed by atoms with Gasteiger partial charge in [-0.1, -0.05) is 0 Å². The third-order valence-electron chi connectivity index (χ3n) is 4.55. The van der Waals surface area contributed by atoms with Crippen molar-refractivity contribution >= 4 is 38.9 Å². The van der Waals surface area contributed by atoms with Gasteiger partial charge >= 0.3 is 0 Å². The van der Waals surface area contributed by atoms with Crippen LogP contribution < -0.4 is 14.2 Å². The summed E-state index contributed by atoms with van der Waals surface area (Å²) in [6.45, 7) is -0.0405. The molecule has 0 spiro atoms. The number of carbonyl (C=O) groups is 2. The zero-order valence-electron chi connectivity index (χ0n) is 16.5. The van der Waals surface area contributed by atoms with Crippen molar-refractivity contribution in [3.63, 3.8) is 0 Å². The number of pyridine rings is 1. The number of aromatic nitrogens is 1. The lowest BCUT2D eigenvalue weighted by Gasteiger charge is -2.12. The molecule has 0 bridgehead atoms. The smallest absolute Gasteiger partial charge is 0.280 e. The molecule has 1 aromatic carbocycles. The van der Waals surface area contributed by atoms with Crippen molar-refractivity contribution in [1.82, 2.24) is 9.88 Å². The summed E-state index contributed by atoms with van der Waals surface area (Å²) < 4.78 is 38.5. The number of hydrogen-bond donors (Lipinski definition) is 1. The zero-order valence-corrected chi connectivity index (χ0v) is 18.1. The van der Waals surface area contributed by atoms with E-state index in [-0.39, 0.29) is 27.7 Å². The fourth-order valence-corrected chi connectivity index (χ4v) is 5.46. The predicted octanol–water partition coefficient (Wildman–Crippen LogP) is 2.76. The Morgan fingerprint density at radius 2 is 1.74 bits per heavy atom. The highest BCUT2D eigenvalue weighted by atomic mass is 32.2. The number of rotatable bonds is 7. The Labute approximate surface area is 182 Å². The van der Waals surface area contributed by atoms with Gasteiger partial charge in [0.2, 0.25) is 0 Å². The predicted molar refractivity (Wildman–Crippen MR) is 113 cm³/mol. The van der Waals surface area contributed by atoms with Gasteiger partial charge in [0.25, 0.3) is 21.8 Å². The molecular weight excluding hydrogens is 442 g/mol. The first-order valence-electron chi connectivity index (χ1n) is 8.98. The van der Waals surface area contributed by atoms with Gasteiger partial charge in [-0.15, -0.1) is 11.3 Å². The molecule has 9 nitrogen and oxygen atoms in total. The van der Waals surface area contributed by atoms with Crippen molar-refractivity contribution in [3.8, 4) is 11.5 Å². The van der Waals surface area contributed by atoms with Crippen LogP contribution in [0.4, 0.5) is 5.69 Å². The minimum Gasteiger partial charge on any atom is -0.497 e. The summed E-state index contributed by atoms with van der Waals surface area (Å²) in [5, 5.41) is 0. The number of fused-ring (bicyclic) bond motifs is 1. The summed E-state index contributed by atoms with van der Waals surface area (Å²) >= 11 is 0.969. The molecule has 3 aromatic rings. The Hall–Kier alpha value is -3.44. The van der Waals surface area contributed by atoms with Crippen LogP contribution in [0.5, 0.6) is 11.5 Å². The quantitative estimate of drug-likeness (QED) is 0.540. The van der Waals surface area contributed by atoms with Crippen molar-refractivity contribution in [2.24, 2.45) is 0 Å². The number of imide groups is 1. The highest BCUT2D eigenvalue weighted by Gasteiger charge is 2.36. The van der Waals surface area contributed by atoms with Crippen LogP contribution >= 0.6 is 11.3 Å². The largest absolute Gasteiger partial charge is 0.497 e. The van der Waals surface area contributed by atoms with Gasteiger partial charge in [0.15, 0.2) is 0 Å². The molecule has 4 rings (SSSR count). The number of methoxy groups -OCH3 is 2. The molecule has 11 heteroatoms. The van der Waals surface area contributed by atoms with E-state index in [2.05, 4.69) is 9.71 Å². The zero-order chi connectivity index (χ0) is 22.2. The van der Waals surface area contributed by atoms with Crippen molar-refractivity contribution in [1.29, 1.82) is 0 Å². The van der Waals surface area contributed by atoms with E-state index in [1.807, 2.05) is 0 Å². The molecule has 0 unspecified atom stereocenters. The lowest BCUT2D eigenvalue weighted by Crippen LogP contribution is -2.28. The molecule has 0 radical (unpaired) electrons. The van der Waals surface area contributed by atoms with E-state index in [0.717, 1.165) is 16.2 Å². The normalized spacial score (nSPS) is 13.3. The van der Waals surface area contributed by atoms with Crippen LogP contribution in [0.25, 0.3) is 0 Å². The van der Waals surface area contributed by atoms with Gasteiger partial charge in [-0.05, 0) is 24.3 Å². The topological polar surface area (TPSA) is 115 Å². The Morgan fingerprint density at radius 3 is 2.39 bits per heavy atom. The first-order chi connectivity index (χ1) is 14.8. The van der Waals surface area contributed by atoms with Crippen LogP contribution in [0, 0.1) is 0 Å². The number of hydrogen-bond acceptors (Lipinski definition) is 8. The van der Waals surface area contributed by atoms with E-state index in [0.29, 0.717) is 16.4 Å². The maximum Gasteiger partial charge on any atom is 0.280 e. The third-order valence-corrected chi connectivity index (χ3v) is 7.49. The number of nitrogens with zero attached hydrogens (tertiary/aromatic N) is 2. The van der Waals surface area contributed by atoms with E-state index >= 15 is 0 Å². The molecule has 31 heavy (non-hydrogen) atoms. The lowest BCUT2D eigenvalue weighted by molar-refractivity contribution is 0.0642. The van der Waals surface area contributed by atoms with Crippen molar-refractivity contribution in [2.45, 2.75) is 10.8 Å². The van der Waals surface area contributed by atoms with Crippen molar-refractivity contribution < 1.29 is 27.5 Å². The average Bonchev–Trinajstić information content (AvgIpc) is 3.33. The van der Waals surface area contributed by atoms with Crippen LogP contribution in [0.2, 0.25) is 0 Å². The second kappa shape index (κ2) is 8.00. The van der Waals surface area contributed by atoms with Gasteiger partial charge in [-0.3, -0.25) is 24.2 Å².